The number of aliphatic hydroxyl groups is 1. The van der Waals surface area contributed by atoms with E-state index in [2.05, 4.69) is 5.32 Å². The molecule has 1 aromatic carbocycles. The van der Waals surface area contributed by atoms with Crippen LogP contribution in [0.2, 0.25) is 0 Å². The van der Waals surface area contributed by atoms with E-state index in [-0.39, 0.29) is 24.3 Å². The number of likely N-dealkylation sites (tertiary alicyclic amines) is 1. The summed E-state index contributed by atoms with van der Waals surface area (Å²) in [4.78, 5) is 25.7. The number of aliphatic hydroxyl groups excluding tert-OH is 1. The molecule has 0 bridgehead atoms. The minimum atomic E-state index is -0.952. The van der Waals surface area contributed by atoms with Gasteiger partial charge in [-0.3, -0.25) is 9.59 Å². The molecule has 5 nitrogen and oxygen atoms in total. The van der Waals surface area contributed by atoms with Crippen molar-refractivity contribution >= 4 is 11.8 Å². The molecule has 0 aliphatic carbocycles. The summed E-state index contributed by atoms with van der Waals surface area (Å²) in [6.07, 6.45) is 1.02. The Labute approximate surface area is 135 Å². The molecular weight excluding hydrogens is 299 g/mol. The molecule has 126 valence electrons. The van der Waals surface area contributed by atoms with Gasteiger partial charge < -0.3 is 15.3 Å². The zero-order valence-electron chi connectivity index (χ0n) is 13.3. The quantitative estimate of drug-likeness (QED) is 0.865. The lowest BCUT2D eigenvalue weighted by molar-refractivity contribution is -0.135. The highest BCUT2D eigenvalue weighted by Gasteiger charge is 2.27. The lowest BCUT2D eigenvalue weighted by atomic mass is 9.96. The predicted octanol–water partition coefficient (Wildman–Crippen LogP) is 1.62. The average Bonchev–Trinajstić information content (AvgIpc) is 2.58. The summed E-state index contributed by atoms with van der Waals surface area (Å²) >= 11 is 0. The molecule has 1 fully saturated rings. The Morgan fingerprint density at radius 3 is 2.96 bits per heavy atom. The Morgan fingerprint density at radius 2 is 2.26 bits per heavy atom. The van der Waals surface area contributed by atoms with Gasteiger partial charge in [0.25, 0.3) is 0 Å². The lowest BCUT2D eigenvalue weighted by Crippen LogP contribution is -2.45. The van der Waals surface area contributed by atoms with E-state index in [1.807, 2.05) is 0 Å². The number of rotatable bonds is 5. The van der Waals surface area contributed by atoms with E-state index in [0.29, 0.717) is 25.1 Å². The zero-order valence-corrected chi connectivity index (χ0v) is 13.3. The monoisotopic (exact) mass is 322 g/mol. The first-order chi connectivity index (χ1) is 11.0. The van der Waals surface area contributed by atoms with Crippen LogP contribution in [0.4, 0.5) is 4.39 Å². The molecule has 0 radical (unpaired) electrons. The molecule has 1 heterocycles. The molecule has 0 aromatic heterocycles. The van der Waals surface area contributed by atoms with Crippen LogP contribution in [0.25, 0.3) is 0 Å². The molecule has 6 heteroatoms. The summed E-state index contributed by atoms with van der Waals surface area (Å²) in [5.74, 6) is -0.788. The highest BCUT2D eigenvalue weighted by molar-refractivity contribution is 5.81. The van der Waals surface area contributed by atoms with E-state index in [1.54, 1.807) is 17.9 Å². The summed E-state index contributed by atoms with van der Waals surface area (Å²) in [6.45, 7) is 2.96. The second-order valence-corrected chi connectivity index (χ2v) is 5.85. The number of carbonyl (C=O) groups excluding carboxylic acids is 2. The van der Waals surface area contributed by atoms with Crippen molar-refractivity contribution in [2.45, 2.75) is 32.3 Å². The molecule has 2 amide bonds. The molecule has 1 saturated heterocycles. The third kappa shape index (κ3) is 4.76. The fourth-order valence-corrected chi connectivity index (χ4v) is 2.81. The molecule has 2 atom stereocenters. The molecule has 2 N–H and O–H groups in total. The van der Waals surface area contributed by atoms with Gasteiger partial charge in [0.2, 0.25) is 11.8 Å². The van der Waals surface area contributed by atoms with Gasteiger partial charge in [-0.2, -0.15) is 0 Å². The van der Waals surface area contributed by atoms with E-state index in [4.69, 9.17) is 0 Å². The van der Waals surface area contributed by atoms with Crippen molar-refractivity contribution in [1.82, 2.24) is 10.2 Å². The number of hydrogen-bond donors (Lipinski definition) is 2. The van der Waals surface area contributed by atoms with Crippen LogP contribution in [0.1, 0.15) is 37.9 Å². The topological polar surface area (TPSA) is 69.6 Å². The Hall–Kier alpha value is -1.95. The summed E-state index contributed by atoms with van der Waals surface area (Å²) in [7, 11) is 0. The third-order valence-corrected chi connectivity index (χ3v) is 4.15. The van der Waals surface area contributed by atoms with Crippen LogP contribution in [0.5, 0.6) is 0 Å². The van der Waals surface area contributed by atoms with Gasteiger partial charge in [0.05, 0.1) is 12.0 Å². The third-order valence-electron chi connectivity index (χ3n) is 4.15. The van der Waals surface area contributed by atoms with Crippen molar-refractivity contribution in [2.75, 3.05) is 19.6 Å². The van der Waals surface area contributed by atoms with Crippen LogP contribution >= 0.6 is 0 Å². The first-order valence-electron chi connectivity index (χ1n) is 8.00. The molecular formula is C17H23FN2O3. The molecule has 23 heavy (non-hydrogen) atoms. The number of amides is 2. The van der Waals surface area contributed by atoms with Crippen molar-refractivity contribution in [1.29, 1.82) is 0 Å². The predicted molar refractivity (Wildman–Crippen MR) is 84.0 cm³/mol. The number of carbonyl (C=O) groups is 2. The van der Waals surface area contributed by atoms with Crippen LogP contribution in [0.3, 0.4) is 0 Å². The number of nitrogens with zero attached hydrogens (tertiary/aromatic N) is 1. The van der Waals surface area contributed by atoms with Gasteiger partial charge in [-0.15, -0.1) is 0 Å². The van der Waals surface area contributed by atoms with Crippen LogP contribution in [-0.4, -0.2) is 41.5 Å². The van der Waals surface area contributed by atoms with Gasteiger partial charge in [0.15, 0.2) is 0 Å². The Balaban J connectivity index is 1.85. The van der Waals surface area contributed by atoms with Crippen molar-refractivity contribution < 1.29 is 19.1 Å². The van der Waals surface area contributed by atoms with Crippen molar-refractivity contribution in [3.63, 3.8) is 0 Å². The van der Waals surface area contributed by atoms with Crippen LogP contribution in [-0.2, 0) is 9.59 Å². The van der Waals surface area contributed by atoms with E-state index < -0.39 is 11.9 Å². The van der Waals surface area contributed by atoms with Gasteiger partial charge >= 0.3 is 0 Å². The second kappa shape index (κ2) is 8.06. The number of halogens is 1. The molecule has 1 aromatic rings. The number of benzene rings is 1. The molecule has 1 aliphatic heterocycles. The Bertz CT molecular complexity index is 565. The highest BCUT2D eigenvalue weighted by Crippen LogP contribution is 2.18. The first kappa shape index (κ1) is 17.4. The second-order valence-electron chi connectivity index (χ2n) is 5.85. The van der Waals surface area contributed by atoms with Gasteiger partial charge in [0, 0.05) is 26.1 Å². The highest BCUT2D eigenvalue weighted by atomic mass is 19.1. The standard InChI is InChI=1S/C17H23FN2O3/c1-2-16(22)20-8-4-6-13(11-20)17(23)19-10-15(21)12-5-3-7-14(18)9-12/h3,5,7,9,13,15,21H,2,4,6,8,10-11H2,1H3,(H,19,23). The van der Waals surface area contributed by atoms with Gasteiger partial charge in [-0.05, 0) is 30.5 Å². The summed E-state index contributed by atoms with van der Waals surface area (Å²) in [5, 5.41) is 12.7. The summed E-state index contributed by atoms with van der Waals surface area (Å²) in [5.41, 5.74) is 0.428. The molecule has 2 rings (SSSR count). The molecule has 2 unspecified atom stereocenters. The molecule has 0 saturated carbocycles. The number of nitrogens with one attached hydrogen (secondary N) is 1. The van der Waals surface area contributed by atoms with E-state index >= 15 is 0 Å². The maximum atomic E-state index is 13.1. The fraction of sp³-hybridized carbons (Fsp3) is 0.529. The fourth-order valence-electron chi connectivity index (χ4n) is 2.81. The van der Waals surface area contributed by atoms with Gasteiger partial charge in [-0.25, -0.2) is 4.39 Å². The largest absolute Gasteiger partial charge is 0.387 e. The van der Waals surface area contributed by atoms with Gasteiger partial charge in [0.1, 0.15) is 5.82 Å². The van der Waals surface area contributed by atoms with E-state index in [1.165, 1.54) is 18.2 Å². The van der Waals surface area contributed by atoms with Crippen LogP contribution in [0.15, 0.2) is 24.3 Å². The van der Waals surface area contributed by atoms with Crippen LogP contribution < -0.4 is 5.32 Å². The van der Waals surface area contributed by atoms with Crippen molar-refractivity contribution in [3.8, 4) is 0 Å². The SMILES string of the molecule is CCC(=O)N1CCCC(C(=O)NCC(O)c2cccc(F)c2)C1. The first-order valence-corrected chi connectivity index (χ1v) is 8.00. The maximum Gasteiger partial charge on any atom is 0.225 e. The number of hydrogen-bond acceptors (Lipinski definition) is 3. The van der Waals surface area contributed by atoms with E-state index in [9.17, 15) is 19.1 Å². The van der Waals surface area contributed by atoms with Crippen LogP contribution in [0, 0.1) is 11.7 Å². The number of piperidine rings is 1. The maximum absolute atomic E-state index is 13.1. The zero-order chi connectivity index (χ0) is 16.8. The van der Waals surface area contributed by atoms with E-state index in [0.717, 1.165) is 12.8 Å². The molecule has 1 aliphatic rings. The normalized spacial score (nSPS) is 19.3. The van der Waals surface area contributed by atoms with Gasteiger partial charge in [-0.1, -0.05) is 19.1 Å². The summed E-state index contributed by atoms with van der Waals surface area (Å²) < 4.78 is 13.1. The minimum absolute atomic E-state index is 0.0283. The lowest BCUT2D eigenvalue weighted by Gasteiger charge is -2.32. The van der Waals surface area contributed by atoms with Crippen molar-refractivity contribution in [2.24, 2.45) is 5.92 Å². The Kier molecular flexibility index (Phi) is 6.10. The minimum Gasteiger partial charge on any atom is -0.387 e. The summed E-state index contributed by atoms with van der Waals surface area (Å²) in [6, 6.07) is 5.68. The Morgan fingerprint density at radius 1 is 1.48 bits per heavy atom. The molecule has 0 spiro atoms. The average molecular weight is 322 g/mol. The van der Waals surface area contributed by atoms with Crippen molar-refractivity contribution in [3.05, 3.63) is 35.6 Å². The smallest absolute Gasteiger partial charge is 0.225 e.